The Kier molecular flexibility index (Phi) is 9.76. The van der Waals surface area contributed by atoms with Gasteiger partial charge in [-0.15, -0.1) is 0 Å². The van der Waals surface area contributed by atoms with E-state index in [0.29, 0.717) is 23.1 Å². The molecule has 2 fully saturated rings. The zero-order valence-corrected chi connectivity index (χ0v) is 17.8. The molecular formula is C21H31NO6S. The average Bonchev–Trinajstić information content (AvgIpc) is 3.10. The molecule has 0 unspecified atom stereocenters. The van der Waals surface area contributed by atoms with Crippen molar-refractivity contribution < 1.29 is 29.3 Å². The van der Waals surface area contributed by atoms with Crippen LogP contribution in [0.15, 0.2) is 24.3 Å². The molecule has 0 aromatic heterocycles. The maximum atomic E-state index is 11.7. The fraction of sp³-hybridized carbons (Fsp3) is 0.619. The predicted molar refractivity (Wildman–Crippen MR) is 113 cm³/mol. The van der Waals surface area contributed by atoms with Crippen molar-refractivity contribution in [2.24, 2.45) is 11.8 Å². The molecule has 1 saturated carbocycles. The van der Waals surface area contributed by atoms with E-state index in [4.69, 9.17) is 19.4 Å². The third kappa shape index (κ3) is 6.90. The van der Waals surface area contributed by atoms with Crippen molar-refractivity contribution >= 4 is 24.2 Å². The summed E-state index contributed by atoms with van der Waals surface area (Å²) in [5.41, 5.74) is 0.466. The van der Waals surface area contributed by atoms with E-state index in [2.05, 4.69) is 11.8 Å². The van der Waals surface area contributed by atoms with Crippen LogP contribution in [0, 0.1) is 11.8 Å². The molecule has 8 heteroatoms. The number of carboxylic acid groups (broad SMARTS) is 1. The number of ether oxygens (including phenoxy) is 2. The number of benzene rings is 1. The third-order valence-electron chi connectivity index (χ3n) is 5.46. The molecule has 0 bridgehead atoms. The van der Waals surface area contributed by atoms with Crippen molar-refractivity contribution in [3.8, 4) is 5.75 Å². The second-order valence-electron chi connectivity index (χ2n) is 7.30. The molecule has 3 rings (SSSR count). The largest absolute Gasteiger partial charge is 0.488 e. The third-order valence-corrected chi connectivity index (χ3v) is 6.34. The van der Waals surface area contributed by atoms with Gasteiger partial charge in [-0.3, -0.25) is 4.79 Å². The molecule has 1 heterocycles. The monoisotopic (exact) mass is 425 g/mol. The SMILES string of the molecule is CCSCCN1C[C@H]2C[C@@H](Oc3cccc(C(=O)OC)c3)[C@H](O)C[C@H]2C1.O=CO. The molecule has 0 amide bonds. The highest BCUT2D eigenvalue weighted by molar-refractivity contribution is 7.99. The van der Waals surface area contributed by atoms with Gasteiger partial charge in [0, 0.05) is 25.4 Å². The van der Waals surface area contributed by atoms with Crippen molar-refractivity contribution in [2.75, 3.05) is 38.2 Å². The van der Waals surface area contributed by atoms with Crippen LogP contribution in [-0.4, -0.2) is 78.0 Å². The number of rotatable bonds is 7. The van der Waals surface area contributed by atoms with E-state index in [1.165, 1.54) is 18.6 Å². The maximum absolute atomic E-state index is 11.7. The van der Waals surface area contributed by atoms with Gasteiger partial charge in [-0.05, 0) is 48.6 Å². The summed E-state index contributed by atoms with van der Waals surface area (Å²) in [6.07, 6.45) is 0.993. The van der Waals surface area contributed by atoms with E-state index in [1.807, 2.05) is 17.8 Å². The van der Waals surface area contributed by atoms with Crippen molar-refractivity contribution in [2.45, 2.75) is 32.0 Å². The van der Waals surface area contributed by atoms with Crippen LogP contribution in [0.4, 0.5) is 0 Å². The van der Waals surface area contributed by atoms with Crippen molar-refractivity contribution in [1.82, 2.24) is 4.90 Å². The summed E-state index contributed by atoms with van der Waals surface area (Å²) in [6.45, 7) is 5.27. The summed E-state index contributed by atoms with van der Waals surface area (Å²) in [6, 6.07) is 7.00. The summed E-state index contributed by atoms with van der Waals surface area (Å²) < 4.78 is 10.8. The number of methoxy groups -OCH3 is 1. The van der Waals surface area contributed by atoms with Crippen molar-refractivity contribution in [3.63, 3.8) is 0 Å². The fourth-order valence-corrected chi connectivity index (χ4v) is 4.80. The Labute approximate surface area is 176 Å². The summed E-state index contributed by atoms with van der Waals surface area (Å²) in [4.78, 5) is 22.6. The zero-order chi connectivity index (χ0) is 21.2. The number of carbonyl (C=O) groups is 2. The molecular weight excluding hydrogens is 394 g/mol. The Morgan fingerprint density at radius 3 is 2.66 bits per heavy atom. The minimum absolute atomic E-state index is 0.214. The lowest BCUT2D eigenvalue weighted by molar-refractivity contribution is -0.122. The smallest absolute Gasteiger partial charge is 0.337 e. The van der Waals surface area contributed by atoms with Gasteiger partial charge in [-0.2, -0.15) is 11.8 Å². The summed E-state index contributed by atoms with van der Waals surface area (Å²) in [7, 11) is 1.37. The van der Waals surface area contributed by atoms with Crippen LogP contribution in [0.5, 0.6) is 5.75 Å². The minimum atomic E-state index is -0.456. The van der Waals surface area contributed by atoms with E-state index in [9.17, 15) is 9.90 Å². The number of aliphatic hydroxyl groups excluding tert-OH is 1. The predicted octanol–water partition coefficient (Wildman–Crippen LogP) is 2.38. The highest BCUT2D eigenvalue weighted by atomic mass is 32.2. The number of fused-ring (bicyclic) bond motifs is 1. The molecule has 2 N–H and O–H groups in total. The Morgan fingerprint density at radius 1 is 1.31 bits per heavy atom. The van der Waals surface area contributed by atoms with Crippen LogP contribution in [0.25, 0.3) is 0 Å². The summed E-state index contributed by atoms with van der Waals surface area (Å²) in [5.74, 6) is 3.73. The lowest BCUT2D eigenvalue weighted by atomic mass is 9.78. The summed E-state index contributed by atoms with van der Waals surface area (Å²) >= 11 is 1.98. The van der Waals surface area contributed by atoms with Gasteiger partial charge in [-0.1, -0.05) is 13.0 Å². The fourth-order valence-electron chi connectivity index (χ4n) is 4.12. The Balaban J connectivity index is 0.000000941. The Hall–Kier alpha value is -1.77. The van der Waals surface area contributed by atoms with E-state index >= 15 is 0 Å². The molecule has 1 aromatic carbocycles. The molecule has 0 radical (unpaired) electrons. The first kappa shape index (κ1) is 23.5. The van der Waals surface area contributed by atoms with Gasteiger partial charge in [0.15, 0.2) is 0 Å². The van der Waals surface area contributed by atoms with E-state index in [0.717, 1.165) is 32.5 Å². The Bertz CT molecular complexity index is 658. The minimum Gasteiger partial charge on any atom is -0.488 e. The van der Waals surface area contributed by atoms with Crippen LogP contribution < -0.4 is 4.74 Å². The van der Waals surface area contributed by atoms with Gasteiger partial charge in [0.25, 0.3) is 6.47 Å². The topological polar surface area (TPSA) is 96.3 Å². The lowest BCUT2D eigenvalue weighted by Gasteiger charge is -2.35. The number of aliphatic hydroxyl groups is 1. The first-order chi connectivity index (χ1) is 14.0. The molecule has 2 aliphatic rings. The first-order valence-electron chi connectivity index (χ1n) is 9.93. The first-order valence-corrected chi connectivity index (χ1v) is 11.1. The number of hydrogen-bond donors (Lipinski definition) is 2. The summed E-state index contributed by atoms with van der Waals surface area (Å²) in [5, 5.41) is 17.5. The van der Waals surface area contributed by atoms with Gasteiger partial charge >= 0.3 is 5.97 Å². The second-order valence-corrected chi connectivity index (χ2v) is 8.69. The van der Waals surface area contributed by atoms with E-state index < -0.39 is 6.10 Å². The lowest BCUT2D eigenvalue weighted by Crippen LogP contribution is -2.42. The number of likely N-dealkylation sites (tertiary alicyclic amines) is 1. The normalized spacial score (nSPS) is 26.0. The van der Waals surface area contributed by atoms with Crippen molar-refractivity contribution in [1.29, 1.82) is 0 Å². The van der Waals surface area contributed by atoms with Gasteiger partial charge < -0.3 is 24.6 Å². The molecule has 29 heavy (non-hydrogen) atoms. The zero-order valence-electron chi connectivity index (χ0n) is 17.0. The highest BCUT2D eigenvalue weighted by Crippen LogP contribution is 2.38. The van der Waals surface area contributed by atoms with Gasteiger partial charge in [0.05, 0.1) is 18.8 Å². The number of esters is 1. The second kappa shape index (κ2) is 12.0. The van der Waals surface area contributed by atoms with Crippen LogP contribution in [-0.2, 0) is 9.53 Å². The molecule has 1 saturated heterocycles. The highest BCUT2D eigenvalue weighted by Gasteiger charge is 2.42. The number of carbonyl (C=O) groups excluding carboxylic acids is 1. The number of hydrogen-bond acceptors (Lipinski definition) is 7. The molecule has 4 atom stereocenters. The number of thioether (sulfide) groups is 1. The maximum Gasteiger partial charge on any atom is 0.337 e. The molecule has 1 aliphatic heterocycles. The average molecular weight is 426 g/mol. The van der Waals surface area contributed by atoms with Gasteiger partial charge in [-0.25, -0.2) is 4.79 Å². The molecule has 162 valence electrons. The van der Waals surface area contributed by atoms with Gasteiger partial charge in [0.2, 0.25) is 0 Å². The molecule has 7 nitrogen and oxygen atoms in total. The molecule has 0 spiro atoms. The van der Waals surface area contributed by atoms with E-state index in [-0.39, 0.29) is 18.5 Å². The quantitative estimate of drug-likeness (QED) is 0.391. The van der Waals surface area contributed by atoms with Gasteiger partial charge in [0.1, 0.15) is 11.9 Å². The standard InChI is InChI=1S/C20H29NO4S.CH2O2/c1-3-26-8-7-21-12-15-10-18(22)19(11-16(15)13-21)25-17-6-4-5-14(9-17)20(23)24-2;2-1-3/h4-6,9,15-16,18-19,22H,3,7-8,10-13H2,1-2H3;1H,(H,2,3)/t15-,16+,18+,19+;/m0./s1. The van der Waals surface area contributed by atoms with Crippen LogP contribution in [0.3, 0.4) is 0 Å². The van der Waals surface area contributed by atoms with Crippen LogP contribution in [0.1, 0.15) is 30.1 Å². The molecule has 1 aliphatic carbocycles. The Morgan fingerprint density at radius 2 is 2.00 bits per heavy atom. The van der Waals surface area contributed by atoms with Crippen LogP contribution in [0.2, 0.25) is 0 Å². The van der Waals surface area contributed by atoms with Crippen molar-refractivity contribution in [3.05, 3.63) is 29.8 Å². The van der Waals surface area contributed by atoms with E-state index in [1.54, 1.807) is 18.2 Å². The molecule has 1 aromatic rings. The van der Waals surface area contributed by atoms with Crippen LogP contribution >= 0.6 is 11.8 Å². The number of nitrogens with zero attached hydrogens (tertiary/aromatic N) is 1.